The molecule has 0 unspecified atom stereocenters. The Bertz CT molecular complexity index is 522. The number of amides is 1. The Morgan fingerprint density at radius 3 is 2.73 bits per heavy atom. The summed E-state index contributed by atoms with van der Waals surface area (Å²) in [6, 6.07) is 8.18. The lowest BCUT2D eigenvalue weighted by atomic mass is 9.98. The van der Waals surface area contributed by atoms with E-state index in [4.69, 9.17) is 5.73 Å². The van der Waals surface area contributed by atoms with Crippen LogP contribution in [0.4, 0.5) is 5.69 Å². The zero-order valence-electron chi connectivity index (χ0n) is 13.0. The van der Waals surface area contributed by atoms with Crippen molar-refractivity contribution < 1.29 is 4.79 Å². The molecular weight excluding hydrogens is 294 g/mol. The van der Waals surface area contributed by atoms with E-state index >= 15 is 0 Å². The molecule has 0 spiro atoms. The van der Waals surface area contributed by atoms with Crippen LogP contribution in [0, 0.1) is 0 Å². The molecule has 1 aromatic rings. The monoisotopic (exact) mass is 319 g/mol. The van der Waals surface area contributed by atoms with Crippen LogP contribution >= 0.6 is 11.8 Å². The lowest BCUT2D eigenvalue weighted by Gasteiger charge is -2.26. The summed E-state index contributed by atoms with van der Waals surface area (Å²) in [7, 11) is 0. The van der Waals surface area contributed by atoms with Crippen molar-refractivity contribution in [1.29, 1.82) is 0 Å². The summed E-state index contributed by atoms with van der Waals surface area (Å²) in [4.78, 5) is 14.9. The zero-order valence-corrected chi connectivity index (χ0v) is 13.8. The smallest absolute Gasteiger partial charge is 0.244 e. The van der Waals surface area contributed by atoms with Crippen molar-refractivity contribution in [3.63, 3.8) is 0 Å². The maximum absolute atomic E-state index is 12.4. The van der Waals surface area contributed by atoms with E-state index < -0.39 is 5.54 Å². The molecule has 2 fully saturated rings. The Kier molecular flexibility index (Phi) is 5.06. The maximum Gasteiger partial charge on any atom is 0.244 e. The number of carbonyl (C=O) groups is 1. The summed E-state index contributed by atoms with van der Waals surface area (Å²) >= 11 is 2.02. The highest BCUT2D eigenvalue weighted by Gasteiger charge is 2.36. The first-order valence-corrected chi connectivity index (χ1v) is 9.31. The Hall–Kier alpha value is -1.04. The van der Waals surface area contributed by atoms with Crippen molar-refractivity contribution in [2.75, 3.05) is 29.9 Å². The van der Waals surface area contributed by atoms with E-state index in [-0.39, 0.29) is 5.91 Å². The minimum absolute atomic E-state index is 0.0310. The lowest BCUT2D eigenvalue weighted by molar-refractivity contribution is -0.121. The van der Waals surface area contributed by atoms with Gasteiger partial charge in [0.2, 0.25) is 5.91 Å². The van der Waals surface area contributed by atoms with E-state index in [0.29, 0.717) is 0 Å². The fourth-order valence-electron chi connectivity index (χ4n) is 3.25. The van der Waals surface area contributed by atoms with Gasteiger partial charge in [0, 0.05) is 36.8 Å². The van der Waals surface area contributed by atoms with Crippen LogP contribution in [0.25, 0.3) is 0 Å². The minimum Gasteiger partial charge on any atom is -0.324 e. The molecule has 1 aliphatic carbocycles. The third-order valence-electron chi connectivity index (χ3n) is 4.64. The SMILES string of the molecule is NC1(C(=O)Nc2cccc(CN3CCSCC3)c2)CCCC1. The molecule has 120 valence electrons. The molecule has 1 saturated heterocycles. The second-order valence-electron chi connectivity index (χ2n) is 6.41. The highest BCUT2D eigenvalue weighted by molar-refractivity contribution is 7.99. The largest absolute Gasteiger partial charge is 0.324 e. The molecule has 4 nitrogen and oxygen atoms in total. The van der Waals surface area contributed by atoms with Crippen LogP contribution < -0.4 is 11.1 Å². The molecule has 3 N–H and O–H groups in total. The van der Waals surface area contributed by atoms with E-state index in [1.807, 2.05) is 23.9 Å². The van der Waals surface area contributed by atoms with E-state index in [1.165, 1.54) is 17.1 Å². The molecule has 1 aromatic carbocycles. The first-order chi connectivity index (χ1) is 10.7. The number of nitrogens with one attached hydrogen (secondary N) is 1. The van der Waals surface area contributed by atoms with Crippen molar-refractivity contribution in [2.45, 2.75) is 37.8 Å². The third-order valence-corrected chi connectivity index (χ3v) is 5.59. The van der Waals surface area contributed by atoms with E-state index in [9.17, 15) is 4.79 Å². The summed E-state index contributed by atoms with van der Waals surface area (Å²) in [5, 5.41) is 3.02. The molecule has 0 bridgehead atoms. The van der Waals surface area contributed by atoms with E-state index in [1.54, 1.807) is 0 Å². The number of anilines is 1. The van der Waals surface area contributed by atoms with Crippen molar-refractivity contribution in [3.05, 3.63) is 29.8 Å². The predicted molar refractivity (Wildman–Crippen MR) is 93.1 cm³/mol. The Labute approximate surface area is 136 Å². The first-order valence-electron chi connectivity index (χ1n) is 8.15. The number of hydrogen-bond acceptors (Lipinski definition) is 4. The summed E-state index contributed by atoms with van der Waals surface area (Å²) in [5.74, 6) is 2.40. The van der Waals surface area contributed by atoms with Gasteiger partial charge >= 0.3 is 0 Å². The number of benzene rings is 1. The van der Waals surface area contributed by atoms with Crippen LogP contribution in [0.3, 0.4) is 0 Å². The molecule has 1 heterocycles. The molecule has 0 radical (unpaired) electrons. The van der Waals surface area contributed by atoms with Crippen LogP contribution in [-0.2, 0) is 11.3 Å². The topological polar surface area (TPSA) is 58.4 Å². The van der Waals surface area contributed by atoms with Gasteiger partial charge in [-0.05, 0) is 30.5 Å². The van der Waals surface area contributed by atoms with E-state index in [2.05, 4.69) is 22.3 Å². The molecule has 3 rings (SSSR count). The van der Waals surface area contributed by atoms with Gasteiger partial charge in [-0.15, -0.1) is 0 Å². The minimum atomic E-state index is -0.667. The standard InChI is InChI=1S/C17H25N3OS/c18-17(6-1-2-7-17)16(21)19-15-5-3-4-14(12-15)13-20-8-10-22-11-9-20/h3-5,12H,1-2,6-11,13,18H2,(H,19,21). The van der Waals surface area contributed by atoms with Crippen LogP contribution in [0.2, 0.25) is 0 Å². The third kappa shape index (κ3) is 3.83. The van der Waals surface area contributed by atoms with Gasteiger partial charge in [0.25, 0.3) is 0 Å². The van der Waals surface area contributed by atoms with Crippen molar-refractivity contribution in [3.8, 4) is 0 Å². The fraction of sp³-hybridized carbons (Fsp3) is 0.588. The average molecular weight is 319 g/mol. The Morgan fingerprint density at radius 2 is 2.00 bits per heavy atom. The summed E-state index contributed by atoms with van der Waals surface area (Å²) in [6.45, 7) is 3.25. The van der Waals surface area contributed by atoms with Gasteiger partial charge in [-0.2, -0.15) is 11.8 Å². The number of rotatable bonds is 4. The summed E-state index contributed by atoms with van der Waals surface area (Å²) in [6.07, 6.45) is 3.70. The predicted octanol–water partition coefficient (Wildman–Crippen LogP) is 2.45. The molecular formula is C17H25N3OS. The van der Waals surface area contributed by atoms with Crippen molar-refractivity contribution in [1.82, 2.24) is 4.90 Å². The number of nitrogens with zero attached hydrogens (tertiary/aromatic N) is 1. The van der Waals surface area contributed by atoms with Gasteiger partial charge in [0.05, 0.1) is 5.54 Å². The van der Waals surface area contributed by atoms with Crippen LogP contribution in [0.15, 0.2) is 24.3 Å². The zero-order chi connectivity index (χ0) is 15.4. The lowest BCUT2D eigenvalue weighted by Crippen LogP contribution is -2.48. The maximum atomic E-state index is 12.4. The highest BCUT2D eigenvalue weighted by Crippen LogP contribution is 2.28. The van der Waals surface area contributed by atoms with E-state index in [0.717, 1.165) is 51.0 Å². The molecule has 5 heteroatoms. The fourth-order valence-corrected chi connectivity index (χ4v) is 4.23. The van der Waals surface area contributed by atoms with Gasteiger partial charge in [-0.1, -0.05) is 25.0 Å². The van der Waals surface area contributed by atoms with Crippen LogP contribution in [0.5, 0.6) is 0 Å². The van der Waals surface area contributed by atoms with Gasteiger partial charge in [-0.3, -0.25) is 9.69 Å². The van der Waals surface area contributed by atoms with Crippen molar-refractivity contribution >= 4 is 23.4 Å². The van der Waals surface area contributed by atoms with Crippen molar-refractivity contribution in [2.24, 2.45) is 5.73 Å². The number of carbonyl (C=O) groups excluding carboxylic acids is 1. The normalized spacial score (nSPS) is 21.7. The van der Waals surface area contributed by atoms with Crippen LogP contribution in [-0.4, -0.2) is 40.9 Å². The van der Waals surface area contributed by atoms with Gasteiger partial charge in [0.15, 0.2) is 0 Å². The Morgan fingerprint density at radius 1 is 1.27 bits per heavy atom. The number of hydrogen-bond donors (Lipinski definition) is 2. The molecule has 0 aromatic heterocycles. The second-order valence-corrected chi connectivity index (χ2v) is 7.63. The summed E-state index contributed by atoms with van der Waals surface area (Å²) < 4.78 is 0. The van der Waals surface area contributed by atoms with Gasteiger partial charge in [-0.25, -0.2) is 0 Å². The highest BCUT2D eigenvalue weighted by atomic mass is 32.2. The van der Waals surface area contributed by atoms with Gasteiger partial charge < -0.3 is 11.1 Å². The molecule has 1 amide bonds. The second kappa shape index (κ2) is 7.02. The molecule has 0 atom stereocenters. The first kappa shape index (κ1) is 15.8. The van der Waals surface area contributed by atoms with Crippen LogP contribution in [0.1, 0.15) is 31.2 Å². The molecule has 1 aliphatic heterocycles. The average Bonchev–Trinajstić information content (AvgIpc) is 2.97. The summed E-state index contributed by atoms with van der Waals surface area (Å²) in [5.41, 5.74) is 7.67. The number of nitrogens with two attached hydrogens (primary N) is 1. The Balaban J connectivity index is 1.62. The quantitative estimate of drug-likeness (QED) is 0.895. The number of thioether (sulfide) groups is 1. The molecule has 22 heavy (non-hydrogen) atoms. The van der Waals surface area contributed by atoms with Gasteiger partial charge in [0.1, 0.15) is 0 Å². The molecule has 2 aliphatic rings. The molecule has 1 saturated carbocycles.